The van der Waals surface area contributed by atoms with Gasteiger partial charge in [0.15, 0.2) is 0 Å². The van der Waals surface area contributed by atoms with Gasteiger partial charge in [0, 0.05) is 0 Å². The molecule has 0 fully saturated rings. The lowest BCUT2D eigenvalue weighted by atomic mass is 10.1. The highest BCUT2D eigenvalue weighted by atomic mass is 32.2. The topological polar surface area (TPSA) is 86.5 Å². The lowest BCUT2D eigenvalue weighted by Crippen LogP contribution is -2.02. The Morgan fingerprint density at radius 2 is 1.93 bits per heavy atom. The Hall–Kier alpha value is -1.72. The standard InChI is InChI=1S/C10H10N4S/c1-3-15-10-8(5-12)6(2)7(4-11)9(13)14-10/h3H2,1-2H3,(H2,13,14). The summed E-state index contributed by atoms with van der Waals surface area (Å²) in [5.74, 6) is 1.01. The average Bonchev–Trinajstić information content (AvgIpc) is 2.19. The Labute approximate surface area is 92.7 Å². The van der Waals surface area contributed by atoms with Crippen molar-refractivity contribution in [3.8, 4) is 12.1 Å². The fourth-order valence-corrected chi connectivity index (χ4v) is 1.99. The van der Waals surface area contributed by atoms with E-state index in [1.165, 1.54) is 11.8 Å². The molecule has 1 heterocycles. The third-order valence-electron chi connectivity index (χ3n) is 1.95. The molecule has 0 aliphatic heterocycles. The summed E-state index contributed by atoms with van der Waals surface area (Å²) in [5, 5.41) is 18.4. The highest BCUT2D eigenvalue weighted by Crippen LogP contribution is 2.27. The number of aromatic nitrogens is 1. The van der Waals surface area contributed by atoms with Crippen LogP contribution in [-0.2, 0) is 0 Å². The van der Waals surface area contributed by atoms with Crippen LogP contribution in [0.25, 0.3) is 0 Å². The second kappa shape index (κ2) is 4.68. The van der Waals surface area contributed by atoms with E-state index in [1.54, 1.807) is 6.92 Å². The summed E-state index contributed by atoms with van der Waals surface area (Å²) in [4.78, 5) is 4.06. The fraction of sp³-hybridized carbons (Fsp3) is 0.300. The molecule has 0 bridgehead atoms. The van der Waals surface area contributed by atoms with Gasteiger partial charge in [-0.1, -0.05) is 6.92 Å². The first-order valence-corrected chi connectivity index (χ1v) is 5.37. The molecule has 0 saturated heterocycles. The van der Waals surface area contributed by atoms with E-state index in [2.05, 4.69) is 11.1 Å². The van der Waals surface area contributed by atoms with Crippen molar-refractivity contribution >= 4 is 17.6 Å². The summed E-state index contributed by atoms with van der Waals surface area (Å²) in [6.45, 7) is 3.69. The van der Waals surface area contributed by atoms with Gasteiger partial charge in [0.1, 0.15) is 23.0 Å². The second-order valence-corrected chi connectivity index (χ2v) is 4.09. The van der Waals surface area contributed by atoms with Gasteiger partial charge < -0.3 is 5.73 Å². The zero-order chi connectivity index (χ0) is 11.4. The summed E-state index contributed by atoms with van der Waals surface area (Å²) < 4.78 is 0. The van der Waals surface area contributed by atoms with Crippen LogP contribution in [0.4, 0.5) is 5.82 Å². The predicted molar refractivity (Wildman–Crippen MR) is 59.2 cm³/mol. The van der Waals surface area contributed by atoms with Crippen molar-refractivity contribution in [1.82, 2.24) is 4.98 Å². The monoisotopic (exact) mass is 218 g/mol. The number of pyridine rings is 1. The highest BCUT2D eigenvalue weighted by Gasteiger charge is 2.14. The van der Waals surface area contributed by atoms with Gasteiger partial charge in [-0.25, -0.2) is 4.98 Å². The van der Waals surface area contributed by atoms with E-state index in [0.29, 0.717) is 21.7 Å². The van der Waals surface area contributed by atoms with Crippen LogP contribution in [-0.4, -0.2) is 10.7 Å². The summed E-state index contributed by atoms with van der Waals surface area (Å²) >= 11 is 1.45. The molecule has 0 unspecified atom stereocenters. The number of rotatable bonds is 2. The molecule has 76 valence electrons. The van der Waals surface area contributed by atoms with E-state index in [1.807, 2.05) is 13.0 Å². The van der Waals surface area contributed by atoms with Crippen LogP contribution < -0.4 is 5.73 Å². The van der Waals surface area contributed by atoms with E-state index in [-0.39, 0.29) is 5.82 Å². The Kier molecular flexibility index (Phi) is 3.54. The molecule has 15 heavy (non-hydrogen) atoms. The number of thioether (sulfide) groups is 1. The predicted octanol–water partition coefficient (Wildman–Crippen LogP) is 1.83. The van der Waals surface area contributed by atoms with E-state index in [4.69, 9.17) is 16.3 Å². The molecular formula is C10H10N4S. The van der Waals surface area contributed by atoms with E-state index in [0.717, 1.165) is 5.75 Å². The lowest BCUT2D eigenvalue weighted by molar-refractivity contribution is 1.09. The van der Waals surface area contributed by atoms with Crippen LogP contribution in [0.2, 0.25) is 0 Å². The minimum atomic E-state index is 0.199. The molecular weight excluding hydrogens is 208 g/mol. The molecule has 1 rings (SSSR count). The average molecular weight is 218 g/mol. The first-order valence-electron chi connectivity index (χ1n) is 4.38. The van der Waals surface area contributed by atoms with Gasteiger partial charge in [-0.05, 0) is 18.2 Å². The lowest BCUT2D eigenvalue weighted by Gasteiger charge is -2.07. The van der Waals surface area contributed by atoms with Crippen molar-refractivity contribution < 1.29 is 0 Å². The SMILES string of the molecule is CCSc1nc(N)c(C#N)c(C)c1C#N. The smallest absolute Gasteiger partial charge is 0.143 e. The Balaban J connectivity index is 3.48. The normalized spacial score (nSPS) is 9.33. The molecule has 0 radical (unpaired) electrons. The van der Waals surface area contributed by atoms with Gasteiger partial charge in [-0.2, -0.15) is 10.5 Å². The van der Waals surface area contributed by atoms with Gasteiger partial charge >= 0.3 is 0 Å². The number of anilines is 1. The van der Waals surface area contributed by atoms with Crippen LogP contribution >= 0.6 is 11.8 Å². The summed E-state index contributed by atoms with van der Waals surface area (Å²) in [6.07, 6.45) is 0. The summed E-state index contributed by atoms with van der Waals surface area (Å²) in [5.41, 5.74) is 6.99. The number of nitrogen functional groups attached to an aromatic ring is 1. The van der Waals surface area contributed by atoms with Crippen molar-refractivity contribution in [3.63, 3.8) is 0 Å². The van der Waals surface area contributed by atoms with E-state index < -0.39 is 0 Å². The minimum absolute atomic E-state index is 0.199. The Bertz CT molecular complexity index is 468. The molecule has 0 amide bonds. The minimum Gasteiger partial charge on any atom is -0.383 e. The van der Waals surface area contributed by atoms with Crippen LogP contribution in [0.3, 0.4) is 0 Å². The third kappa shape index (κ3) is 2.03. The molecule has 5 heteroatoms. The third-order valence-corrected chi connectivity index (χ3v) is 2.80. The quantitative estimate of drug-likeness (QED) is 0.765. The van der Waals surface area contributed by atoms with Crippen molar-refractivity contribution in [3.05, 3.63) is 16.7 Å². The van der Waals surface area contributed by atoms with Gasteiger partial charge in [-0.15, -0.1) is 11.8 Å². The van der Waals surface area contributed by atoms with E-state index >= 15 is 0 Å². The van der Waals surface area contributed by atoms with Crippen molar-refractivity contribution in [1.29, 1.82) is 10.5 Å². The molecule has 4 nitrogen and oxygen atoms in total. The maximum atomic E-state index is 8.98. The number of nitrogens with two attached hydrogens (primary N) is 1. The molecule has 2 N–H and O–H groups in total. The maximum Gasteiger partial charge on any atom is 0.143 e. The number of hydrogen-bond donors (Lipinski definition) is 1. The molecule has 1 aromatic heterocycles. The van der Waals surface area contributed by atoms with Gasteiger partial charge in [0.05, 0.1) is 11.1 Å². The molecule has 0 aliphatic rings. The first-order chi connectivity index (χ1) is 7.15. The molecule has 0 aliphatic carbocycles. The van der Waals surface area contributed by atoms with Gasteiger partial charge in [0.25, 0.3) is 0 Å². The van der Waals surface area contributed by atoms with Crippen molar-refractivity contribution in [2.45, 2.75) is 18.9 Å². The fourth-order valence-electron chi connectivity index (χ4n) is 1.21. The van der Waals surface area contributed by atoms with Gasteiger partial charge in [-0.3, -0.25) is 0 Å². The van der Waals surface area contributed by atoms with Gasteiger partial charge in [0.2, 0.25) is 0 Å². The number of hydrogen-bond acceptors (Lipinski definition) is 5. The van der Waals surface area contributed by atoms with Crippen molar-refractivity contribution in [2.75, 3.05) is 11.5 Å². The summed E-state index contributed by atoms with van der Waals surface area (Å²) in [7, 11) is 0. The van der Waals surface area contributed by atoms with Crippen LogP contribution in [0.1, 0.15) is 23.6 Å². The second-order valence-electron chi connectivity index (χ2n) is 2.83. The van der Waals surface area contributed by atoms with E-state index in [9.17, 15) is 0 Å². The van der Waals surface area contributed by atoms with Crippen LogP contribution in [0, 0.1) is 29.6 Å². The number of nitrogens with zero attached hydrogens (tertiary/aromatic N) is 3. The molecule has 0 spiro atoms. The van der Waals surface area contributed by atoms with Crippen molar-refractivity contribution in [2.24, 2.45) is 0 Å². The molecule has 1 aromatic rings. The molecule has 0 saturated carbocycles. The maximum absolute atomic E-state index is 8.98. The van der Waals surface area contributed by atoms with Crippen LogP contribution in [0.15, 0.2) is 5.03 Å². The Morgan fingerprint density at radius 3 is 2.40 bits per heavy atom. The molecule has 0 atom stereocenters. The number of nitriles is 2. The first kappa shape index (κ1) is 11.4. The Morgan fingerprint density at radius 1 is 1.33 bits per heavy atom. The summed E-state index contributed by atoms with van der Waals surface area (Å²) in [6, 6.07) is 4.02. The zero-order valence-electron chi connectivity index (χ0n) is 8.53. The zero-order valence-corrected chi connectivity index (χ0v) is 9.35. The highest BCUT2D eigenvalue weighted by molar-refractivity contribution is 7.99. The van der Waals surface area contributed by atoms with Crippen LogP contribution in [0.5, 0.6) is 0 Å². The largest absolute Gasteiger partial charge is 0.383 e. The molecule has 0 aromatic carbocycles.